The molecule has 0 heterocycles. The van der Waals surface area contributed by atoms with E-state index < -0.39 is 15.9 Å². The van der Waals surface area contributed by atoms with Gasteiger partial charge in [0.05, 0.1) is 17.2 Å². The van der Waals surface area contributed by atoms with Crippen molar-refractivity contribution in [1.29, 1.82) is 0 Å². The van der Waals surface area contributed by atoms with E-state index in [0.717, 1.165) is 26.1 Å². The van der Waals surface area contributed by atoms with Gasteiger partial charge in [0.15, 0.2) is 0 Å². The minimum absolute atomic E-state index is 0.139. The maximum absolute atomic E-state index is 13.5. The Balaban J connectivity index is 1.79. The number of carbonyl (C=O) groups is 1. The molecule has 3 rings (SSSR count). The van der Waals surface area contributed by atoms with E-state index in [9.17, 15) is 13.2 Å². The summed E-state index contributed by atoms with van der Waals surface area (Å²) in [6, 6.07) is 21.2. The maximum atomic E-state index is 13.5. The summed E-state index contributed by atoms with van der Waals surface area (Å²) in [5.74, 6) is 0.366. The quantitative estimate of drug-likeness (QED) is 0.425. The van der Waals surface area contributed by atoms with Crippen molar-refractivity contribution in [1.82, 2.24) is 5.32 Å². The standard InChI is InChI=1S/C25H28N2O4S2/c1-4-31-22-11-7-20(8-12-22)17-26-25(28)18-27(21-9-5-19(2)6-10-21)33(29,30)24-15-13-23(32-3)14-16-24/h5-16H,4,17-18H2,1-3H3,(H,26,28). The Morgan fingerprint density at radius 1 is 0.970 bits per heavy atom. The van der Waals surface area contributed by atoms with Gasteiger partial charge in [0, 0.05) is 11.4 Å². The van der Waals surface area contributed by atoms with Gasteiger partial charge >= 0.3 is 0 Å². The third-order valence-electron chi connectivity index (χ3n) is 4.98. The predicted molar refractivity (Wildman–Crippen MR) is 133 cm³/mol. The molecule has 0 atom stereocenters. The monoisotopic (exact) mass is 484 g/mol. The number of sulfonamides is 1. The number of rotatable bonds is 10. The van der Waals surface area contributed by atoms with Crippen LogP contribution < -0.4 is 14.4 Å². The lowest BCUT2D eigenvalue weighted by molar-refractivity contribution is -0.119. The summed E-state index contributed by atoms with van der Waals surface area (Å²) in [6.07, 6.45) is 1.93. The molecule has 0 aliphatic rings. The molecule has 6 nitrogen and oxygen atoms in total. The second-order valence-corrected chi connectivity index (χ2v) is 10.1. The van der Waals surface area contributed by atoms with Crippen LogP contribution in [0.15, 0.2) is 82.6 Å². The molecule has 0 aliphatic carbocycles. The van der Waals surface area contributed by atoms with Crippen molar-refractivity contribution >= 4 is 33.4 Å². The van der Waals surface area contributed by atoms with Crippen LogP contribution in [-0.4, -0.2) is 33.7 Å². The van der Waals surface area contributed by atoms with Gasteiger partial charge in [0.25, 0.3) is 10.0 Å². The maximum Gasteiger partial charge on any atom is 0.264 e. The summed E-state index contributed by atoms with van der Waals surface area (Å²) in [7, 11) is -3.94. The molecule has 0 fully saturated rings. The SMILES string of the molecule is CCOc1ccc(CNC(=O)CN(c2ccc(C)cc2)S(=O)(=O)c2ccc(SC)cc2)cc1. The first kappa shape index (κ1) is 24.7. The fourth-order valence-electron chi connectivity index (χ4n) is 3.16. The highest BCUT2D eigenvalue weighted by molar-refractivity contribution is 7.98. The number of hydrogen-bond acceptors (Lipinski definition) is 5. The van der Waals surface area contributed by atoms with Crippen molar-refractivity contribution in [2.45, 2.75) is 30.2 Å². The molecule has 0 aliphatic heterocycles. The minimum atomic E-state index is -3.94. The van der Waals surface area contributed by atoms with Crippen LogP contribution in [0, 0.1) is 6.92 Å². The van der Waals surface area contributed by atoms with Gasteiger partial charge in [-0.25, -0.2) is 8.42 Å². The fourth-order valence-corrected chi connectivity index (χ4v) is 4.99. The highest BCUT2D eigenvalue weighted by atomic mass is 32.2. The Kier molecular flexibility index (Phi) is 8.41. The molecule has 0 bridgehead atoms. The number of carbonyl (C=O) groups excluding carboxylic acids is 1. The van der Waals surface area contributed by atoms with E-state index in [0.29, 0.717) is 12.3 Å². The lowest BCUT2D eigenvalue weighted by atomic mass is 10.2. The van der Waals surface area contributed by atoms with Gasteiger partial charge in [-0.2, -0.15) is 0 Å². The summed E-state index contributed by atoms with van der Waals surface area (Å²) in [4.78, 5) is 13.9. The molecule has 0 aromatic heterocycles. The number of ether oxygens (including phenoxy) is 1. The molecule has 0 unspecified atom stereocenters. The Bertz CT molecular complexity index is 1160. The lowest BCUT2D eigenvalue weighted by Crippen LogP contribution is -2.40. The lowest BCUT2D eigenvalue weighted by Gasteiger charge is -2.24. The fraction of sp³-hybridized carbons (Fsp3) is 0.240. The van der Waals surface area contributed by atoms with E-state index in [1.165, 1.54) is 11.8 Å². The van der Waals surface area contributed by atoms with Gasteiger partial charge in [-0.05, 0) is 74.2 Å². The number of benzene rings is 3. The number of nitrogens with zero attached hydrogens (tertiary/aromatic N) is 1. The highest BCUT2D eigenvalue weighted by Gasteiger charge is 2.27. The predicted octanol–water partition coefficient (Wildman–Crippen LogP) is 4.63. The molecule has 8 heteroatoms. The summed E-state index contributed by atoms with van der Waals surface area (Å²) in [6.45, 7) is 4.38. The molecule has 0 saturated carbocycles. The number of aryl methyl sites for hydroxylation is 1. The van der Waals surface area contributed by atoms with Gasteiger partial charge in [-0.1, -0.05) is 29.8 Å². The second kappa shape index (κ2) is 11.2. The van der Waals surface area contributed by atoms with Crippen LogP contribution in [0.2, 0.25) is 0 Å². The molecular weight excluding hydrogens is 456 g/mol. The zero-order valence-electron chi connectivity index (χ0n) is 18.9. The Morgan fingerprint density at radius 2 is 1.61 bits per heavy atom. The number of amides is 1. The molecule has 33 heavy (non-hydrogen) atoms. The third-order valence-corrected chi connectivity index (χ3v) is 7.51. The van der Waals surface area contributed by atoms with Crippen LogP contribution in [0.25, 0.3) is 0 Å². The molecule has 3 aromatic rings. The van der Waals surface area contributed by atoms with Gasteiger partial charge in [0.2, 0.25) is 5.91 Å². The van der Waals surface area contributed by atoms with Crippen LogP contribution in [-0.2, 0) is 21.4 Å². The minimum Gasteiger partial charge on any atom is -0.494 e. The van der Waals surface area contributed by atoms with E-state index >= 15 is 0 Å². The second-order valence-electron chi connectivity index (χ2n) is 7.38. The van der Waals surface area contributed by atoms with Crippen LogP contribution in [0.3, 0.4) is 0 Å². The van der Waals surface area contributed by atoms with Crippen LogP contribution in [0.4, 0.5) is 5.69 Å². The normalized spacial score (nSPS) is 11.1. The van der Waals surface area contributed by atoms with Crippen molar-refractivity contribution in [2.75, 3.05) is 23.7 Å². The zero-order chi connectivity index (χ0) is 23.8. The summed E-state index contributed by atoms with van der Waals surface area (Å²) in [5, 5.41) is 2.81. The highest BCUT2D eigenvalue weighted by Crippen LogP contribution is 2.25. The average Bonchev–Trinajstić information content (AvgIpc) is 2.83. The van der Waals surface area contributed by atoms with Gasteiger partial charge in [-0.15, -0.1) is 11.8 Å². The van der Waals surface area contributed by atoms with E-state index in [2.05, 4.69) is 5.32 Å². The Hall–Kier alpha value is -2.97. The van der Waals surface area contributed by atoms with Crippen LogP contribution >= 0.6 is 11.8 Å². The van der Waals surface area contributed by atoms with E-state index in [-0.39, 0.29) is 18.0 Å². The first-order valence-electron chi connectivity index (χ1n) is 10.6. The number of nitrogens with one attached hydrogen (secondary N) is 1. The number of thioether (sulfide) groups is 1. The summed E-state index contributed by atoms with van der Waals surface area (Å²) in [5.41, 5.74) is 2.33. The van der Waals surface area contributed by atoms with E-state index in [1.54, 1.807) is 36.4 Å². The van der Waals surface area contributed by atoms with Crippen molar-refractivity contribution in [3.63, 3.8) is 0 Å². The molecule has 174 valence electrons. The van der Waals surface area contributed by atoms with Gasteiger partial charge < -0.3 is 10.1 Å². The number of anilines is 1. The van der Waals surface area contributed by atoms with Gasteiger partial charge in [-0.3, -0.25) is 9.10 Å². The number of hydrogen-bond donors (Lipinski definition) is 1. The molecule has 0 radical (unpaired) electrons. The molecule has 1 N–H and O–H groups in total. The third kappa shape index (κ3) is 6.52. The van der Waals surface area contributed by atoms with Crippen molar-refractivity contribution in [3.8, 4) is 5.75 Å². The van der Waals surface area contributed by atoms with Crippen molar-refractivity contribution in [3.05, 3.63) is 83.9 Å². The molecule has 0 saturated heterocycles. The molecule has 0 spiro atoms. The zero-order valence-corrected chi connectivity index (χ0v) is 20.6. The molecular formula is C25H28N2O4S2. The Labute approximate surface area is 200 Å². The molecule has 1 amide bonds. The van der Waals surface area contributed by atoms with E-state index in [4.69, 9.17) is 4.74 Å². The van der Waals surface area contributed by atoms with E-state index in [1.807, 2.05) is 56.5 Å². The summed E-state index contributed by atoms with van der Waals surface area (Å²) < 4.78 is 33.5. The molecule has 3 aromatic carbocycles. The first-order chi connectivity index (χ1) is 15.8. The van der Waals surface area contributed by atoms with Gasteiger partial charge in [0.1, 0.15) is 12.3 Å². The Morgan fingerprint density at radius 3 is 2.18 bits per heavy atom. The van der Waals surface area contributed by atoms with Crippen molar-refractivity contribution in [2.24, 2.45) is 0 Å². The average molecular weight is 485 g/mol. The van der Waals surface area contributed by atoms with Crippen LogP contribution in [0.5, 0.6) is 5.75 Å². The smallest absolute Gasteiger partial charge is 0.264 e. The largest absolute Gasteiger partial charge is 0.494 e. The van der Waals surface area contributed by atoms with Crippen LogP contribution in [0.1, 0.15) is 18.1 Å². The van der Waals surface area contributed by atoms with Crippen molar-refractivity contribution < 1.29 is 17.9 Å². The topological polar surface area (TPSA) is 75.7 Å². The first-order valence-corrected chi connectivity index (χ1v) is 13.2. The summed E-state index contributed by atoms with van der Waals surface area (Å²) >= 11 is 1.53.